The Balaban J connectivity index is 1.36. The van der Waals surface area contributed by atoms with Crippen molar-refractivity contribution in [3.05, 3.63) is 70.7 Å². The zero-order valence-electron chi connectivity index (χ0n) is 20.7. The monoisotopic (exact) mass is 566 g/mol. The number of halogens is 1. The molecule has 0 aliphatic heterocycles. The lowest BCUT2D eigenvalue weighted by atomic mass is 10.0. The average Bonchev–Trinajstić information content (AvgIpc) is 3.64. The second kappa shape index (κ2) is 11.1. The van der Waals surface area contributed by atoms with Gasteiger partial charge in [-0.1, -0.05) is 42.1 Å². The van der Waals surface area contributed by atoms with Gasteiger partial charge in [0.2, 0.25) is 5.91 Å². The third-order valence-electron chi connectivity index (χ3n) is 5.82. The van der Waals surface area contributed by atoms with Crippen LogP contribution in [0.25, 0.3) is 32.6 Å². The van der Waals surface area contributed by atoms with E-state index in [-0.39, 0.29) is 29.1 Å². The molecule has 5 rings (SSSR count). The highest BCUT2D eigenvalue weighted by molar-refractivity contribution is 7.99. The van der Waals surface area contributed by atoms with Crippen LogP contribution in [0.1, 0.15) is 30.2 Å². The number of hydrogen-bond acceptors (Lipinski definition) is 8. The molecule has 0 aliphatic rings. The highest BCUT2D eigenvalue weighted by Crippen LogP contribution is 2.38. The van der Waals surface area contributed by atoms with E-state index in [0.29, 0.717) is 21.3 Å². The molecule has 0 saturated heterocycles. The average molecular weight is 567 g/mol. The maximum atomic E-state index is 13.4. The second-order valence-corrected chi connectivity index (χ2v) is 11.3. The van der Waals surface area contributed by atoms with Crippen molar-refractivity contribution < 1.29 is 18.7 Å². The van der Waals surface area contributed by atoms with Crippen LogP contribution in [0.2, 0.25) is 0 Å². The zero-order valence-corrected chi connectivity index (χ0v) is 23.2. The second-order valence-electron chi connectivity index (χ2n) is 8.60. The highest BCUT2D eigenvalue weighted by atomic mass is 32.2. The number of fused-ring (bicyclic) bond motifs is 1. The van der Waals surface area contributed by atoms with Gasteiger partial charge in [-0.3, -0.25) is 9.36 Å². The summed E-state index contributed by atoms with van der Waals surface area (Å²) >= 11 is 4.15. The minimum Gasteiger partial charge on any atom is -0.465 e. The van der Waals surface area contributed by atoms with Crippen molar-refractivity contribution in [1.82, 2.24) is 14.8 Å². The molecule has 0 unspecified atom stereocenters. The Morgan fingerprint density at radius 3 is 2.53 bits per heavy atom. The van der Waals surface area contributed by atoms with E-state index in [2.05, 4.69) is 46.9 Å². The number of methoxy groups -OCH3 is 1. The summed E-state index contributed by atoms with van der Waals surface area (Å²) in [6.45, 7) is 4.10. The summed E-state index contributed by atoms with van der Waals surface area (Å²) in [5.74, 6) is -0.428. The number of thiophene rings is 2. The Hall–Kier alpha value is -3.54. The van der Waals surface area contributed by atoms with Crippen molar-refractivity contribution in [1.29, 1.82) is 0 Å². The maximum Gasteiger partial charge on any atom is 0.341 e. The van der Waals surface area contributed by atoms with Crippen LogP contribution >= 0.6 is 34.4 Å². The molecule has 38 heavy (non-hydrogen) atoms. The van der Waals surface area contributed by atoms with E-state index in [1.807, 2.05) is 16.7 Å². The molecule has 0 spiro atoms. The van der Waals surface area contributed by atoms with Gasteiger partial charge in [-0.25, -0.2) is 9.18 Å². The van der Waals surface area contributed by atoms with Gasteiger partial charge in [-0.2, -0.15) is 0 Å². The van der Waals surface area contributed by atoms with E-state index >= 15 is 0 Å². The molecule has 5 aromatic rings. The van der Waals surface area contributed by atoms with Crippen LogP contribution < -0.4 is 5.32 Å². The number of nitrogens with one attached hydrogen (secondary N) is 1. The van der Waals surface area contributed by atoms with Crippen LogP contribution in [0, 0.1) is 5.82 Å². The van der Waals surface area contributed by atoms with Gasteiger partial charge in [0.1, 0.15) is 16.4 Å². The molecule has 3 aromatic heterocycles. The Morgan fingerprint density at radius 1 is 1.05 bits per heavy atom. The molecule has 0 fully saturated rings. The number of nitrogens with zero attached hydrogens (tertiary/aromatic N) is 3. The standard InChI is InChI=1S/C27H23FN4O3S3/c1-15(2)32-24(20-13-36-21-7-5-4-6-18(20)21)30-31-27(32)38-14-22(33)29-25-23(26(34)35-3)19(12-37-25)16-8-10-17(28)11-9-16/h4-13,15H,14H2,1-3H3,(H,29,33). The van der Waals surface area contributed by atoms with Crippen LogP contribution in [0.15, 0.2) is 64.4 Å². The number of esters is 1. The largest absolute Gasteiger partial charge is 0.465 e. The van der Waals surface area contributed by atoms with Gasteiger partial charge in [-0.15, -0.1) is 32.9 Å². The number of amides is 1. The third-order valence-corrected chi connectivity index (χ3v) is 8.63. The first kappa shape index (κ1) is 26.1. The number of carbonyl (C=O) groups excluding carboxylic acids is 2. The van der Waals surface area contributed by atoms with Gasteiger partial charge in [0.05, 0.1) is 12.9 Å². The molecule has 0 saturated carbocycles. The fourth-order valence-corrected chi connectivity index (χ4v) is 6.85. The topological polar surface area (TPSA) is 86.1 Å². The smallest absolute Gasteiger partial charge is 0.341 e. The molecule has 194 valence electrons. The third kappa shape index (κ3) is 5.09. The first-order valence-electron chi connectivity index (χ1n) is 11.7. The van der Waals surface area contributed by atoms with Crippen molar-refractivity contribution >= 4 is 61.4 Å². The summed E-state index contributed by atoms with van der Waals surface area (Å²) in [5.41, 5.74) is 2.46. The lowest BCUT2D eigenvalue weighted by Crippen LogP contribution is -2.16. The van der Waals surface area contributed by atoms with Crippen LogP contribution in [0.3, 0.4) is 0 Å². The number of hydrogen-bond donors (Lipinski definition) is 1. The summed E-state index contributed by atoms with van der Waals surface area (Å²) in [6.07, 6.45) is 0. The SMILES string of the molecule is COC(=O)c1c(-c2ccc(F)cc2)csc1NC(=O)CSc1nnc(-c2csc3ccccc23)n1C(C)C. The van der Waals surface area contributed by atoms with Gasteiger partial charge in [0, 0.05) is 38.0 Å². The van der Waals surface area contributed by atoms with E-state index in [9.17, 15) is 14.0 Å². The lowest BCUT2D eigenvalue weighted by molar-refractivity contribution is -0.113. The van der Waals surface area contributed by atoms with Crippen LogP contribution in [0.4, 0.5) is 9.39 Å². The van der Waals surface area contributed by atoms with Gasteiger partial charge >= 0.3 is 5.97 Å². The van der Waals surface area contributed by atoms with Crippen LogP contribution in [0.5, 0.6) is 0 Å². The zero-order chi connectivity index (χ0) is 26.8. The molecule has 1 N–H and O–H groups in total. The molecular weight excluding hydrogens is 544 g/mol. The van der Waals surface area contributed by atoms with Crippen molar-refractivity contribution in [2.75, 3.05) is 18.2 Å². The fourth-order valence-electron chi connectivity index (χ4n) is 4.06. The first-order chi connectivity index (χ1) is 18.4. The lowest BCUT2D eigenvalue weighted by Gasteiger charge is -2.13. The van der Waals surface area contributed by atoms with E-state index in [1.165, 1.54) is 47.0 Å². The summed E-state index contributed by atoms with van der Waals surface area (Å²) in [4.78, 5) is 25.5. The van der Waals surface area contributed by atoms with E-state index in [0.717, 1.165) is 16.8 Å². The van der Waals surface area contributed by atoms with E-state index < -0.39 is 5.97 Å². The van der Waals surface area contributed by atoms with Crippen molar-refractivity contribution in [3.8, 4) is 22.5 Å². The number of carbonyl (C=O) groups is 2. The Kier molecular flexibility index (Phi) is 7.59. The van der Waals surface area contributed by atoms with Crippen molar-refractivity contribution in [2.45, 2.75) is 25.0 Å². The number of thioether (sulfide) groups is 1. The molecule has 0 radical (unpaired) electrons. The Morgan fingerprint density at radius 2 is 1.79 bits per heavy atom. The van der Waals surface area contributed by atoms with Gasteiger partial charge in [0.15, 0.2) is 11.0 Å². The first-order valence-corrected chi connectivity index (χ1v) is 14.4. The molecule has 2 aromatic carbocycles. The molecular formula is C27H23FN4O3S3. The molecule has 1 amide bonds. The van der Waals surface area contributed by atoms with Crippen molar-refractivity contribution in [3.63, 3.8) is 0 Å². The number of ether oxygens (including phenoxy) is 1. The fraction of sp³-hybridized carbons (Fsp3) is 0.185. The summed E-state index contributed by atoms with van der Waals surface area (Å²) < 4.78 is 21.6. The predicted octanol–water partition coefficient (Wildman–Crippen LogP) is 7.13. The van der Waals surface area contributed by atoms with Crippen molar-refractivity contribution in [2.24, 2.45) is 0 Å². The summed E-state index contributed by atoms with van der Waals surface area (Å²) in [5, 5.41) is 17.6. The number of aromatic nitrogens is 3. The molecule has 0 aliphatic carbocycles. The van der Waals surface area contributed by atoms with Gasteiger partial charge < -0.3 is 10.1 Å². The number of rotatable bonds is 8. The number of anilines is 1. The summed E-state index contributed by atoms with van der Waals surface area (Å²) in [6, 6.07) is 14.0. The van der Waals surface area contributed by atoms with Gasteiger partial charge in [0.25, 0.3) is 0 Å². The normalized spacial score (nSPS) is 11.3. The van der Waals surface area contributed by atoms with Crippen LogP contribution in [-0.4, -0.2) is 39.5 Å². The van der Waals surface area contributed by atoms with E-state index in [4.69, 9.17) is 4.74 Å². The van der Waals surface area contributed by atoms with Gasteiger partial charge in [-0.05, 0) is 37.6 Å². The molecule has 7 nitrogen and oxygen atoms in total. The molecule has 0 atom stereocenters. The molecule has 0 bridgehead atoms. The Labute approximate surface area is 230 Å². The molecule has 3 heterocycles. The minimum absolute atomic E-state index is 0.0691. The quantitative estimate of drug-likeness (QED) is 0.159. The number of benzene rings is 2. The van der Waals surface area contributed by atoms with Crippen LogP contribution in [-0.2, 0) is 9.53 Å². The Bertz CT molecular complexity index is 1620. The van der Waals surface area contributed by atoms with E-state index in [1.54, 1.807) is 28.8 Å². The molecule has 11 heteroatoms. The maximum absolute atomic E-state index is 13.4. The highest BCUT2D eigenvalue weighted by Gasteiger charge is 2.24. The minimum atomic E-state index is -0.583. The predicted molar refractivity (Wildman–Crippen MR) is 152 cm³/mol. The summed E-state index contributed by atoms with van der Waals surface area (Å²) in [7, 11) is 1.28.